The third kappa shape index (κ3) is 0. The van der Waals surface area contributed by atoms with Crippen molar-refractivity contribution in [1.82, 2.24) is 0 Å². The molecule has 0 aliphatic rings. The predicted molar refractivity (Wildman–Crippen MR) is 72.7 cm³/mol. The average molecular weight is 194 g/mol. The molecule has 0 nitrogen and oxygen atoms in total. The van der Waals surface area contributed by atoms with Crippen molar-refractivity contribution >= 4 is 0 Å². The predicted octanol–water partition coefficient (Wildman–Crippen LogP) is 6.55. The van der Waals surface area contributed by atoms with Crippen molar-refractivity contribution in [1.29, 1.82) is 0 Å². The van der Waals surface area contributed by atoms with Gasteiger partial charge in [0.25, 0.3) is 0 Å². The van der Waals surface area contributed by atoms with Gasteiger partial charge in [-0.15, -0.1) is 0 Å². The summed E-state index contributed by atoms with van der Waals surface area (Å²) in [6, 6.07) is 0. The summed E-state index contributed by atoms with van der Waals surface area (Å²) in [7, 11) is 0. The highest BCUT2D eigenvalue weighted by atomic mass is 13.4. The van der Waals surface area contributed by atoms with Gasteiger partial charge >= 0.3 is 0 Å². The Balaban J connectivity index is -0.0000000115. The van der Waals surface area contributed by atoms with E-state index in [2.05, 4.69) is 13.8 Å². The van der Waals surface area contributed by atoms with Crippen LogP contribution in [0.3, 0.4) is 0 Å². The Kier molecular flexibility index (Phi) is 4270. The van der Waals surface area contributed by atoms with E-state index >= 15 is 0 Å². The molecule has 0 amide bonds. The van der Waals surface area contributed by atoms with E-state index < -0.39 is 0 Å². The Bertz CT molecular complexity index is 0. The molecule has 0 bridgehead atoms. The minimum atomic E-state index is 1.25. The van der Waals surface area contributed by atoms with E-state index in [1.165, 1.54) is 6.42 Å². The van der Waals surface area contributed by atoms with Crippen LogP contribution < -0.4 is 0 Å². The summed E-state index contributed by atoms with van der Waals surface area (Å²) in [5.74, 6) is 0. The minimum Gasteiger partial charge on any atom is -0.0683 e. The minimum absolute atomic E-state index is 1.25. The van der Waals surface area contributed by atoms with Crippen LogP contribution >= 0.6 is 0 Å². The molecule has 0 fully saturated rings. The van der Waals surface area contributed by atoms with Gasteiger partial charge in [0, 0.05) is 0 Å². The van der Waals surface area contributed by atoms with Crippen molar-refractivity contribution in [2.24, 2.45) is 0 Å². The SMILES string of the molecule is CC.CC.CC.CC.CC.CCC. The highest BCUT2D eigenvalue weighted by molar-refractivity contribution is 3.92. The van der Waals surface area contributed by atoms with Crippen molar-refractivity contribution in [3.8, 4) is 0 Å². The molecule has 0 heteroatoms. The molecule has 0 heterocycles. The highest BCUT2D eigenvalue weighted by Crippen LogP contribution is 1.56. The summed E-state index contributed by atoms with van der Waals surface area (Å²) in [6.45, 7) is 24.2. The van der Waals surface area contributed by atoms with Crippen LogP contribution in [-0.2, 0) is 0 Å². The smallest absolute Gasteiger partial charge is 0.0590 e. The second-order valence-corrected chi connectivity index (χ2v) is 0.707. The van der Waals surface area contributed by atoms with Gasteiger partial charge in [-0.1, -0.05) is 89.5 Å². The first-order chi connectivity index (χ1) is 6.41. The number of hydrogen-bond donors (Lipinski definition) is 0. The molecule has 0 saturated carbocycles. The molecule has 13 heavy (non-hydrogen) atoms. The molecule has 90 valence electrons. The zero-order valence-corrected chi connectivity index (χ0v) is 12.7. The molecule has 0 rings (SSSR count). The van der Waals surface area contributed by atoms with Crippen LogP contribution in [-0.4, -0.2) is 0 Å². The van der Waals surface area contributed by atoms with Gasteiger partial charge in [-0.05, 0) is 0 Å². The van der Waals surface area contributed by atoms with E-state index in [-0.39, 0.29) is 0 Å². The quantitative estimate of drug-likeness (QED) is 0.410. The van der Waals surface area contributed by atoms with Gasteiger partial charge in [-0.25, -0.2) is 0 Å². The second kappa shape index (κ2) is 1450. The maximum Gasteiger partial charge on any atom is -0.0590 e. The van der Waals surface area contributed by atoms with Gasteiger partial charge < -0.3 is 0 Å². The van der Waals surface area contributed by atoms with Crippen molar-refractivity contribution in [2.45, 2.75) is 89.5 Å². The molecule has 0 aliphatic carbocycles. The zero-order chi connectivity index (χ0) is 12.7. The van der Waals surface area contributed by atoms with E-state index in [1.807, 2.05) is 69.2 Å². The van der Waals surface area contributed by atoms with Crippen molar-refractivity contribution in [3.05, 3.63) is 0 Å². The summed E-state index contributed by atoms with van der Waals surface area (Å²) in [5, 5.41) is 0. The zero-order valence-electron chi connectivity index (χ0n) is 12.7. The van der Waals surface area contributed by atoms with E-state index in [0.717, 1.165) is 0 Å². The first-order valence-electron chi connectivity index (χ1n) is 6.41. The van der Waals surface area contributed by atoms with Gasteiger partial charge in [0.15, 0.2) is 0 Å². The molecular weight excluding hydrogens is 156 g/mol. The fraction of sp³-hybridized carbons (Fsp3) is 1.00. The summed E-state index contributed by atoms with van der Waals surface area (Å²) in [4.78, 5) is 0. The topological polar surface area (TPSA) is 0 Å². The fourth-order valence-electron chi connectivity index (χ4n) is 0. The standard InChI is InChI=1S/C3H8.5C2H6/c1-3-2;5*1-2/h3H2,1-2H3;5*1-2H3. The first kappa shape index (κ1) is 38.2. The number of hydrogen-bond acceptors (Lipinski definition) is 0. The van der Waals surface area contributed by atoms with Gasteiger partial charge in [0.05, 0.1) is 0 Å². The van der Waals surface area contributed by atoms with Crippen LogP contribution in [0.5, 0.6) is 0 Å². The lowest BCUT2D eigenvalue weighted by Gasteiger charge is -1.48. The Morgan fingerprint density at radius 2 is 0.385 bits per heavy atom. The summed E-state index contributed by atoms with van der Waals surface area (Å²) < 4.78 is 0. The first-order valence-corrected chi connectivity index (χ1v) is 6.41. The summed E-state index contributed by atoms with van der Waals surface area (Å²) >= 11 is 0. The molecule has 0 saturated heterocycles. The largest absolute Gasteiger partial charge is 0.0683 e. The van der Waals surface area contributed by atoms with Crippen LogP contribution in [0.2, 0.25) is 0 Å². The Labute approximate surface area is 90.1 Å². The molecule has 0 aromatic heterocycles. The maximum absolute atomic E-state index is 2.12. The molecule has 0 atom stereocenters. The normalized spacial score (nSPS) is 3.69. The molecule has 0 aliphatic heterocycles. The number of rotatable bonds is 0. The van der Waals surface area contributed by atoms with E-state index in [4.69, 9.17) is 0 Å². The van der Waals surface area contributed by atoms with Crippen LogP contribution in [0.25, 0.3) is 0 Å². The lowest BCUT2D eigenvalue weighted by atomic mass is 10.6. The monoisotopic (exact) mass is 194 g/mol. The third-order valence-corrected chi connectivity index (χ3v) is 0. The van der Waals surface area contributed by atoms with Gasteiger partial charge in [-0.2, -0.15) is 0 Å². The molecule has 0 radical (unpaired) electrons. The van der Waals surface area contributed by atoms with Crippen LogP contribution in [0, 0.1) is 0 Å². The van der Waals surface area contributed by atoms with E-state index in [9.17, 15) is 0 Å². The third-order valence-electron chi connectivity index (χ3n) is 0. The second-order valence-electron chi connectivity index (χ2n) is 0.707. The maximum atomic E-state index is 2.12. The van der Waals surface area contributed by atoms with Crippen LogP contribution in [0.1, 0.15) is 89.5 Å². The molecule has 0 aromatic rings. The lowest BCUT2D eigenvalue weighted by molar-refractivity contribution is 1.09. The Morgan fingerprint density at radius 1 is 0.385 bits per heavy atom. The molecule has 0 unspecified atom stereocenters. The summed E-state index contributed by atoms with van der Waals surface area (Å²) in [5.41, 5.74) is 0. The Morgan fingerprint density at radius 3 is 0.385 bits per heavy atom. The Hall–Kier alpha value is 0. The van der Waals surface area contributed by atoms with Crippen molar-refractivity contribution in [2.75, 3.05) is 0 Å². The van der Waals surface area contributed by atoms with Crippen molar-refractivity contribution in [3.63, 3.8) is 0 Å². The molecule has 0 spiro atoms. The fourth-order valence-corrected chi connectivity index (χ4v) is 0. The van der Waals surface area contributed by atoms with Gasteiger partial charge in [0.2, 0.25) is 0 Å². The lowest BCUT2D eigenvalue weighted by Crippen LogP contribution is -1.27. The van der Waals surface area contributed by atoms with Crippen LogP contribution in [0.4, 0.5) is 0 Å². The van der Waals surface area contributed by atoms with Crippen LogP contribution in [0.15, 0.2) is 0 Å². The van der Waals surface area contributed by atoms with E-state index in [0.29, 0.717) is 0 Å². The van der Waals surface area contributed by atoms with Gasteiger partial charge in [0.1, 0.15) is 0 Å². The van der Waals surface area contributed by atoms with E-state index in [1.54, 1.807) is 0 Å². The van der Waals surface area contributed by atoms with Gasteiger partial charge in [-0.3, -0.25) is 0 Å². The highest BCUT2D eigenvalue weighted by Gasteiger charge is 1.35. The average Bonchev–Trinajstić information content (AvgIpc) is 2.32. The summed E-state index contributed by atoms with van der Waals surface area (Å²) in [6.07, 6.45) is 1.25. The molecular formula is C13H38. The van der Waals surface area contributed by atoms with Crippen molar-refractivity contribution < 1.29 is 0 Å². The molecule has 0 N–H and O–H groups in total. The molecule has 0 aromatic carbocycles.